The molecule has 3 aromatic rings. The number of hydrogen-bond donors (Lipinski definition) is 0. The van der Waals surface area contributed by atoms with Crippen molar-refractivity contribution < 1.29 is 19.1 Å². The van der Waals surface area contributed by atoms with Gasteiger partial charge in [-0.25, -0.2) is 9.69 Å². The van der Waals surface area contributed by atoms with Crippen LogP contribution in [0.5, 0.6) is 0 Å². The van der Waals surface area contributed by atoms with Gasteiger partial charge in [-0.2, -0.15) is 0 Å². The fourth-order valence-electron chi connectivity index (χ4n) is 8.13. The number of imide groups is 1. The first-order valence-electron chi connectivity index (χ1n) is 14.7. The molecule has 8 rings (SSSR count). The zero-order valence-electron chi connectivity index (χ0n) is 23.2. The molecule has 2 amide bonds. The van der Waals surface area contributed by atoms with Crippen molar-refractivity contribution in [2.75, 3.05) is 4.90 Å². The van der Waals surface area contributed by atoms with Gasteiger partial charge in [0.2, 0.25) is 11.8 Å². The van der Waals surface area contributed by atoms with Crippen molar-refractivity contribution >= 4 is 23.5 Å². The summed E-state index contributed by atoms with van der Waals surface area (Å²) in [5, 5.41) is 0. The maximum atomic E-state index is 14.0. The monoisotopic (exact) mass is 533 g/mol. The van der Waals surface area contributed by atoms with E-state index in [1.54, 1.807) is 24.3 Å². The van der Waals surface area contributed by atoms with E-state index in [9.17, 15) is 14.4 Å². The lowest BCUT2D eigenvalue weighted by Gasteiger charge is -2.45. The van der Waals surface area contributed by atoms with Crippen LogP contribution in [0.15, 0.2) is 72.8 Å². The van der Waals surface area contributed by atoms with Gasteiger partial charge < -0.3 is 4.74 Å². The molecule has 3 aromatic carbocycles. The topological polar surface area (TPSA) is 63.7 Å². The summed E-state index contributed by atoms with van der Waals surface area (Å²) in [7, 11) is 0. The highest BCUT2D eigenvalue weighted by Crippen LogP contribution is 2.61. The average Bonchev–Trinajstić information content (AvgIpc) is 3.23. The molecule has 204 valence electrons. The average molecular weight is 534 g/mol. The van der Waals surface area contributed by atoms with Crippen LogP contribution < -0.4 is 4.90 Å². The van der Waals surface area contributed by atoms with E-state index in [0.717, 1.165) is 35.1 Å². The van der Waals surface area contributed by atoms with E-state index in [1.807, 2.05) is 24.3 Å². The van der Waals surface area contributed by atoms with Crippen molar-refractivity contribution in [3.05, 3.63) is 101 Å². The predicted molar refractivity (Wildman–Crippen MR) is 153 cm³/mol. The molecule has 0 radical (unpaired) electrons. The molecule has 4 aliphatic carbocycles. The first kappa shape index (κ1) is 25.3. The molecule has 1 heterocycles. The third-order valence-electron chi connectivity index (χ3n) is 10.0. The van der Waals surface area contributed by atoms with E-state index in [2.05, 4.69) is 45.0 Å². The molecule has 0 unspecified atom stereocenters. The molecule has 5 nitrogen and oxygen atoms in total. The van der Waals surface area contributed by atoms with Crippen LogP contribution >= 0.6 is 0 Å². The minimum Gasteiger partial charge on any atom is -0.458 e. The number of nitrogens with zero attached hydrogens (tertiary/aromatic N) is 1. The number of carbonyl (C=O) groups is 3. The van der Waals surface area contributed by atoms with Crippen LogP contribution in [0.4, 0.5) is 5.69 Å². The highest BCUT2D eigenvalue weighted by atomic mass is 16.5. The Bertz CT molecular complexity index is 1390. The number of benzene rings is 3. The number of hydrogen-bond acceptors (Lipinski definition) is 4. The molecule has 0 spiro atoms. The number of anilines is 1. The summed E-state index contributed by atoms with van der Waals surface area (Å²) in [6.45, 7) is 6.61. The molecule has 5 aliphatic rings. The molecule has 1 saturated heterocycles. The molecular weight excluding hydrogens is 498 g/mol. The first-order valence-corrected chi connectivity index (χ1v) is 14.7. The largest absolute Gasteiger partial charge is 0.458 e. The van der Waals surface area contributed by atoms with Crippen molar-refractivity contribution in [2.45, 2.75) is 58.0 Å². The summed E-state index contributed by atoms with van der Waals surface area (Å²) in [4.78, 5) is 42.5. The highest BCUT2D eigenvalue weighted by molar-refractivity contribution is 6.23. The zero-order chi connectivity index (χ0) is 27.7. The van der Waals surface area contributed by atoms with E-state index >= 15 is 0 Å². The standard InChI is InChI=1S/C35H35NO4/c1-19(2)23-17-12-20(3)18-28(23)40-35(39)21-13-15-22(16-14-21)36-33(37)31-29-24-8-4-5-9-25(24)30(32(31)34(36)38)27-11-7-6-10-26(27)29/h4-11,13-16,19-20,23,28-32H,12,17-18H2,1-3H3/t20-,23+,28+,29?,30?,31-,32+/m0/s1. The zero-order valence-corrected chi connectivity index (χ0v) is 23.2. The maximum Gasteiger partial charge on any atom is 0.338 e. The Morgan fingerprint density at radius 1 is 0.775 bits per heavy atom. The smallest absolute Gasteiger partial charge is 0.338 e. The molecule has 0 aromatic heterocycles. The molecule has 2 bridgehead atoms. The van der Waals surface area contributed by atoms with Gasteiger partial charge in [0.15, 0.2) is 0 Å². The lowest BCUT2D eigenvalue weighted by molar-refractivity contribution is -0.122. The van der Waals surface area contributed by atoms with E-state index in [0.29, 0.717) is 29.0 Å². The van der Waals surface area contributed by atoms with Gasteiger partial charge >= 0.3 is 5.97 Å². The van der Waals surface area contributed by atoms with Gasteiger partial charge in [0.1, 0.15) is 6.10 Å². The summed E-state index contributed by atoms with van der Waals surface area (Å²) >= 11 is 0. The number of amides is 2. The molecule has 0 N–H and O–H groups in total. The van der Waals surface area contributed by atoms with Gasteiger partial charge in [-0.3, -0.25) is 9.59 Å². The van der Waals surface area contributed by atoms with E-state index in [4.69, 9.17) is 4.74 Å². The van der Waals surface area contributed by atoms with Crippen LogP contribution in [-0.2, 0) is 14.3 Å². The van der Waals surface area contributed by atoms with Gasteiger partial charge in [-0.05, 0) is 77.1 Å². The van der Waals surface area contributed by atoms with E-state index in [1.165, 1.54) is 11.3 Å². The third kappa shape index (κ3) is 3.70. The Hall–Kier alpha value is -3.73. The molecule has 1 aliphatic heterocycles. The molecule has 40 heavy (non-hydrogen) atoms. The van der Waals surface area contributed by atoms with Gasteiger partial charge in [-0.15, -0.1) is 0 Å². The van der Waals surface area contributed by atoms with Crippen LogP contribution in [0.25, 0.3) is 0 Å². The minimum absolute atomic E-state index is 0.0838. The number of esters is 1. The highest BCUT2D eigenvalue weighted by Gasteiger charge is 2.61. The van der Waals surface area contributed by atoms with Crippen LogP contribution in [0, 0.1) is 29.6 Å². The quantitative estimate of drug-likeness (QED) is 0.277. The van der Waals surface area contributed by atoms with Crippen molar-refractivity contribution in [1.29, 1.82) is 0 Å². The number of rotatable bonds is 4. The van der Waals surface area contributed by atoms with Crippen molar-refractivity contribution in [3.8, 4) is 0 Å². The summed E-state index contributed by atoms with van der Waals surface area (Å²) in [6.07, 6.45) is 3.05. The fraction of sp³-hybridized carbons (Fsp3) is 0.400. The van der Waals surface area contributed by atoms with E-state index < -0.39 is 11.8 Å². The molecule has 5 atom stereocenters. The SMILES string of the molecule is CC(C)[C@H]1CC[C@H](C)C[C@H]1OC(=O)c1ccc(N2C(=O)[C@@H]3C4c5ccccc5C(c5ccccc54)[C@@H]3C2=O)cc1. The Kier molecular flexibility index (Phi) is 5.95. The lowest BCUT2D eigenvalue weighted by atomic mass is 9.55. The Balaban J connectivity index is 1.16. The van der Waals surface area contributed by atoms with Crippen LogP contribution in [-0.4, -0.2) is 23.9 Å². The minimum atomic E-state index is -0.423. The second-order valence-electron chi connectivity index (χ2n) is 12.6. The first-order chi connectivity index (χ1) is 19.3. The molecular formula is C35H35NO4. The van der Waals surface area contributed by atoms with Crippen molar-refractivity contribution in [1.82, 2.24) is 0 Å². The normalized spacial score (nSPS) is 30.2. The second-order valence-corrected chi connectivity index (χ2v) is 12.6. The van der Waals surface area contributed by atoms with E-state index in [-0.39, 0.29) is 35.7 Å². The lowest BCUT2D eigenvalue weighted by Crippen LogP contribution is -2.41. The maximum absolute atomic E-state index is 14.0. The summed E-state index contributed by atoms with van der Waals surface area (Å²) in [5.41, 5.74) is 5.59. The van der Waals surface area contributed by atoms with Crippen LogP contribution in [0.1, 0.15) is 84.5 Å². The number of carbonyl (C=O) groups excluding carboxylic acids is 3. The third-order valence-corrected chi connectivity index (χ3v) is 10.0. The Morgan fingerprint density at radius 2 is 1.27 bits per heavy atom. The summed E-state index contributed by atoms with van der Waals surface area (Å²) in [6, 6.07) is 23.3. The van der Waals surface area contributed by atoms with Gasteiger partial charge in [0.25, 0.3) is 0 Å². The van der Waals surface area contributed by atoms with Gasteiger partial charge in [-0.1, -0.05) is 75.7 Å². The molecule has 5 heteroatoms. The molecule has 1 saturated carbocycles. The van der Waals surface area contributed by atoms with Crippen LogP contribution in [0.2, 0.25) is 0 Å². The number of ether oxygens (including phenoxy) is 1. The summed E-state index contributed by atoms with van der Waals surface area (Å²) < 4.78 is 6.03. The van der Waals surface area contributed by atoms with Crippen molar-refractivity contribution in [3.63, 3.8) is 0 Å². The van der Waals surface area contributed by atoms with Crippen molar-refractivity contribution in [2.24, 2.45) is 29.6 Å². The Morgan fingerprint density at radius 3 is 1.75 bits per heavy atom. The van der Waals surface area contributed by atoms with Gasteiger partial charge in [0.05, 0.1) is 23.1 Å². The second kappa shape index (κ2) is 9.43. The molecule has 2 fully saturated rings. The predicted octanol–water partition coefficient (Wildman–Crippen LogP) is 6.70. The van der Waals surface area contributed by atoms with Crippen LogP contribution in [0.3, 0.4) is 0 Å². The van der Waals surface area contributed by atoms with Gasteiger partial charge in [0, 0.05) is 11.8 Å². The summed E-state index contributed by atoms with van der Waals surface area (Å²) in [5.74, 6) is -0.398. The fourth-order valence-corrected chi connectivity index (χ4v) is 8.13. The Labute approximate surface area is 235 Å².